The predicted molar refractivity (Wildman–Crippen MR) is 55.5 cm³/mol. The normalized spacial score (nSPS) is 35.5. The Morgan fingerprint density at radius 3 is 2.46 bits per heavy atom. The lowest BCUT2D eigenvalue weighted by Gasteiger charge is -2.34. The summed E-state index contributed by atoms with van der Waals surface area (Å²) in [5, 5.41) is 0. The van der Waals surface area contributed by atoms with Crippen molar-refractivity contribution >= 4 is 5.78 Å². The molecule has 3 atom stereocenters. The maximum absolute atomic E-state index is 12.0. The Balaban J connectivity index is 2.69. The monoisotopic (exact) mass is 182 g/mol. The zero-order valence-corrected chi connectivity index (χ0v) is 9.34. The van der Waals surface area contributed by atoms with Gasteiger partial charge in [-0.05, 0) is 31.1 Å². The van der Waals surface area contributed by atoms with Crippen molar-refractivity contribution in [2.45, 2.75) is 47.0 Å². The van der Waals surface area contributed by atoms with Gasteiger partial charge < -0.3 is 0 Å². The van der Waals surface area contributed by atoms with Crippen LogP contribution < -0.4 is 0 Å². The zero-order valence-electron chi connectivity index (χ0n) is 9.34. The fraction of sp³-hybridized carbons (Fsp3) is 0.917. The molecular weight excluding hydrogens is 160 g/mol. The first-order valence-electron chi connectivity index (χ1n) is 5.61. The lowest BCUT2D eigenvalue weighted by molar-refractivity contribution is -0.132. The molecule has 1 rings (SSSR count). The second-order valence-electron chi connectivity index (χ2n) is 4.82. The molecule has 0 heterocycles. The topological polar surface area (TPSA) is 17.1 Å². The van der Waals surface area contributed by atoms with Crippen LogP contribution in [-0.4, -0.2) is 5.78 Å². The summed E-state index contributed by atoms with van der Waals surface area (Å²) in [6.45, 7) is 8.71. The van der Waals surface area contributed by atoms with Crippen molar-refractivity contribution in [3.63, 3.8) is 0 Å². The number of hydrogen-bond acceptors (Lipinski definition) is 1. The van der Waals surface area contributed by atoms with E-state index in [2.05, 4.69) is 27.7 Å². The first-order valence-corrected chi connectivity index (χ1v) is 5.61. The molecule has 0 aliphatic heterocycles. The van der Waals surface area contributed by atoms with Crippen LogP contribution in [-0.2, 0) is 4.79 Å². The van der Waals surface area contributed by atoms with Crippen molar-refractivity contribution in [1.82, 2.24) is 0 Å². The molecule has 0 aromatic carbocycles. The molecule has 0 spiro atoms. The van der Waals surface area contributed by atoms with Gasteiger partial charge in [-0.1, -0.05) is 27.7 Å². The van der Waals surface area contributed by atoms with Crippen molar-refractivity contribution in [3.05, 3.63) is 0 Å². The summed E-state index contributed by atoms with van der Waals surface area (Å²) in [7, 11) is 0. The third-order valence-electron chi connectivity index (χ3n) is 3.60. The molecule has 0 unspecified atom stereocenters. The molecule has 1 nitrogen and oxygen atoms in total. The van der Waals surface area contributed by atoms with Gasteiger partial charge in [-0.15, -0.1) is 0 Å². The quantitative estimate of drug-likeness (QED) is 0.640. The Labute approximate surface area is 81.9 Å². The lowest BCUT2D eigenvalue weighted by Crippen LogP contribution is -2.35. The highest BCUT2D eigenvalue weighted by Crippen LogP contribution is 2.35. The summed E-state index contributed by atoms with van der Waals surface area (Å²) in [6, 6.07) is 0. The van der Waals surface area contributed by atoms with Gasteiger partial charge in [0, 0.05) is 11.8 Å². The van der Waals surface area contributed by atoms with E-state index in [0.29, 0.717) is 29.5 Å². The van der Waals surface area contributed by atoms with Gasteiger partial charge in [0.25, 0.3) is 0 Å². The number of hydrogen-bond donors (Lipinski definition) is 0. The van der Waals surface area contributed by atoms with Gasteiger partial charge in [0.15, 0.2) is 0 Å². The van der Waals surface area contributed by atoms with E-state index in [0.717, 1.165) is 12.8 Å². The standard InChI is InChI=1S/C12H22O/c1-5-10-9(4)6-7-11(8(2)3)12(10)13/h8-11H,5-7H2,1-4H3/t9-,10+,11+/m1/s1. The molecule has 0 saturated heterocycles. The van der Waals surface area contributed by atoms with Gasteiger partial charge in [-0.2, -0.15) is 0 Å². The van der Waals surface area contributed by atoms with Gasteiger partial charge in [0.1, 0.15) is 5.78 Å². The van der Waals surface area contributed by atoms with Crippen LogP contribution in [0.5, 0.6) is 0 Å². The van der Waals surface area contributed by atoms with Gasteiger partial charge in [0.05, 0.1) is 0 Å². The fourth-order valence-corrected chi connectivity index (χ4v) is 2.61. The van der Waals surface area contributed by atoms with Crippen molar-refractivity contribution in [3.8, 4) is 0 Å². The summed E-state index contributed by atoms with van der Waals surface area (Å²) in [4.78, 5) is 12.0. The van der Waals surface area contributed by atoms with E-state index in [1.807, 2.05) is 0 Å². The van der Waals surface area contributed by atoms with E-state index in [1.165, 1.54) is 6.42 Å². The number of ketones is 1. The molecule has 0 aromatic rings. The Hall–Kier alpha value is -0.330. The van der Waals surface area contributed by atoms with Gasteiger partial charge in [-0.3, -0.25) is 4.79 Å². The van der Waals surface area contributed by atoms with E-state index in [1.54, 1.807) is 0 Å². The maximum Gasteiger partial charge on any atom is 0.139 e. The summed E-state index contributed by atoms with van der Waals surface area (Å²) in [6.07, 6.45) is 3.39. The summed E-state index contributed by atoms with van der Waals surface area (Å²) >= 11 is 0. The molecule has 0 bridgehead atoms. The number of rotatable bonds is 2. The van der Waals surface area contributed by atoms with Crippen LogP contribution >= 0.6 is 0 Å². The highest BCUT2D eigenvalue weighted by atomic mass is 16.1. The fourth-order valence-electron chi connectivity index (χ4n) is 2.61. The molecule has 1 saturated carbocycles. The Morgan fingerprint density at radius 1 is 1.38 bits per heavy atom. The first kappa shape index (κ1) is 10.7. The van der Waals surface area contributed by atoms with Crippen LogP contribution in [0.1, 0.15) is 47.0 Å². The molecule has 1 heteroatoms. The second-order valence-corrected chi connectivity index (χ2v) is 4.82. The molecule has 0 amide bonds. The molecule has 1 fully saturated rings. The van der Waals surface area contributed by atoms with Crippen molar-refractivity contribution < 1.29 is 4.79 Å². The predicted octanol–water partition coefficient (Wildman–Crippen LogP) is 3.28. The smallest absolute Gasteiger partial charge is 0.139 e. The van der Waals surface area contributed by atoms with Crippen LogP contribution in [0.4, 0.5) is 0 Å². The van der Waals surface area contributed by atoms with E-state index in [4.69, 9.17) is 0 Å². The minimum absolute atomic E-state index is 0.348. The lowest BCUT2D eigenvalue weighted by atomic mass is 9.69. The van der Waals surface area contributed by atoms with E-state index >= 15 is 0 Å². The molecule has 1 aliphatic rings. The Morgan fingerprint density at radius 2 is 2.00 bits per heavy atom. The van der Waals surface area contributed by atoms with Crippen molar-refractivity contribution in [2.24, 2.45) is 23.7 Å². The minimum Gasteiger partial charge on any atom is -0.299 e. The molecule has 0 radical (unpaired) electrons. The average Bonchev–Trinajstić information content (AvgIpc) is 2.04. The largest absolute Gasteiger partial charge is 0.299 e. The van der Waals surface area contributed by atoms with E-state index in [-0.39, 0.29) is 0 Å². The molecule has 13 heavy (non-hydrogen) atoms. The summed E-state index contributed by atoms with van der Waals surface area (Å²) in [5.74, 6) is 2.39. The molecule has 1 aliphatic carbocycles. The number of Topliss-reactive ketones (excluding diaryl/α,β-unsaturated/α-hetero) is 1. The van der Waals surface area contributed by atoms with Crippen molar-refractivity contribution in [1.29, 1.82) is 0 Å². The van der Waals surface area contributed by atoms with Gasteiger partial charge in [-0.25, -0.2) is 0 Å². The van der Waals surface area contributed by atoms with Crippen LogP contribution in [0.3, 0.4) is 0 Å². The van der Waals surface area contributed by atoms with Crippen LogP contribution in [0.15, 0.2) is 0 Å². The average molecular weight is 182 g/mol. The van der Waals surface area contributed by atoms with E-state index < -0.39 is 0 Å². The first-order chi connectivity index (χ1) is 6.07. The van der Waals surface area contributed by atoms with Crippen molar-refractivity contribution in [2.75, 3.05) is 0 Å². The molecule has 76 valence electrons. The second kappa shape index (κ2) is 4.26. The van der Waals surface area contributed by atoms with Crippen LogP contribution in [0, 0.1) is 23.7 Å². The zero-order chi connectivity index (χ0) is 10.0. The molecule has 0 aromatic heterocycles. The molecular formula is C12H22O. The Kier molecular flexibility index (Phi) is 3.52. The highest BCUT2D eigenvalue weighted by Gasteiger charge is 2.35. The summed E-state index contributed by atoms with van der Waals surface area (Å²) < 4.78 is 0. The Bertz CT molecular complexity index is 180. The van der Waals surface area contributed by atoms with Crippen LogP contribution in [0.25, 0.3) is 0 Å². The SMILES string of the molecule is CC[C@@H]1C(=O)[C@H](C(C)C)CC[C@H]1C. The number of carbonyl (C=O) groups excluding carboxylic acids is 1. The summed E-state index contributed by atoms with van der Waals surface area (Å²) in [5.41, 5.74) is 0. The third kappa shape index (κ3) is 2.12. The number of carbonyl (C=O) groups is 1. The minimum atomic E-state index is 0.348. The van der Waals surface area contributed by atoms with E-state index in [9.17, 15) is 4.79 Å². The van der Waals surface area contributed by atoms with Crippen LogP contribution in [0.2, 0.25) is 0 Å². The van der Waals surface area contributed by atoms with Gasteiger partial charge >= 0.3 is 0 Å². The third-order valence-corrected chi connectivity index (χ3v) is 3.60. The van der Waals surface area contributed by atoms with Gasteiger partial charge in [0.2, 0.25) is 0 Å². The maximum atomic E-state index is 12.0. The molecule has 0 N–H and O–H groups in total. The highest BCUT2D eigenvalue weighted by molar-refractivity contribution is 5.84.